The number of amides is 1. The van der Waals surface area contributed by atoms with Gasteiger partial charge in [0.25, 0.3) is 0 Å². The zero-order chi connectivity index (χ0) is 17.3. The number of rotatable bonds is 8. The number of nitrogens with zero attached hydrogens (tertiary/aromatic N) is 2. The van der Waals surface area contributed by atoms with E-state index in [4.69, 9.17) is 0 Å². The first kappa shape index (κ1) is 18.0. The maximum Gasteiger partial charge on any atom is 0.221 e. The Balaban J connectivity index is 1.41. The highest BCUT2D eigenvalue weighted by molar-refractivity contribution is 7.99. The second-order valence-corrected chi connectivity index (χ2v) is 7.48. The highest BCUT2D eigenvalue weighted by Crippen LogP contribution is 2.10. The van der Waals surface area contributed by atoms with Crippen LogP contribution < -0.4 is 10.6 Å². The van der Waals surface area contributed by atoms with Crippen molar-refractivity contribution in [1.82, 2.24) is 20.2 Å². The molecule has 25 heavy (non-hydrogen) atoms. The molecule has 2 heterocycles. The summed E-state index contributed by atoms with van der Waals surface area (Å²) in [5, 5.41) is 6.40. The number of nitrogens with one attached hydrogen (secondary N) is 2. The van der Waals surface area contributed by atoms with Crippen LogP contribution in [0.1, 0.15) is 24.2 Å². The molecule has 3 rings (SSSR count). The van der Waals surface area contributed by atoms with Crippen molar-refractivity contribution in [2.45, 2.75) is 38.4 Å². The number of carbonyl (C=O) groups excluding carboxylic acids is 1. The Morgan fingerprint density at radius 1 is 1.36 bits per heavy atom. The average molecular weight is 359 g/mol. The Hall–Kier alpha value is -1.79. The molecule has 1 atom stereocenters. The van der Waals surface area contributed by atoms with E-state index in [1.165, 1.54) is 5.56 Å². The largest absolute Gasteiger partial charge is 0.349 e. The van der Waals surface area contributed by atoms with E-state index in [9.17, 15) is 4.79 Å². The molecule has 6 heteroatoms. The smallest absolute Gasteiger partial charge is 0.221 e. The van der Waals surface area contributed by atoms with Crippen LogP contribution in [0.3, 0.4) is 0 Å². The maximum atomic E-state index is 12.1. The SMILES string of the molecule is O=C(CC1CSCCN1)NCc1nccn1CCCc1ccccc1. The van der Waals surface area contributed by atoms with E-state index in [0.29, 0.717) is 19.0 Å². The van der Waals surface area contributed by atoms with Gasteiger partial charge in [-0.1, -0.05) is 30.3 Å². The normalized spacial score (nSPS) is 17.4. The van der Waals surface area contributed by atoms with Crippen LogP contribution in [0.4, 0.5) is 0 Å². The first-order valence-electron chi connectivity index (χ1n) is 8.93. The Morgan fingerprint density at radius 3 is 3.04 bits per heavy atom. The number of thioether (sulfide) groups is 1. The van der Waals surface area contributed by atoms with Gasteiger partial charge < -0.3 is 15.2 Å². The molecule has 1 unspecified atom stereocenters. The molecule has 0 radical (unpaired) electrons. The molecule has 1 aromatic carbocycles. The van der Waals surface area contributed by atoms with Gasteiger partial charge in [0.15, 0.2) is 0 Å². The van der Waals surface area contributed by atoms with Crippen LogP contribution in [-0.4, -0.2) is 39.6 Å². The van der Waals surface area contributed by atoms with E-state index in [1.807, 2.05) is 30.2 Å². The molecular formula is C19H26N4OS. The molecule has 0 saturated carbocycles. The average Bonchev–Trinajstić information content (AvgIpc) is 3.09. The molecule has 1 saturated heterocycles. The van der Waals surface area contributed by atoms with Gasteiger partial charge in [0, 0.05) is 49.5 Å². The summed E-state index contributed by atoms with van der Waals surface area (Å²) in [4.78, 5) is 16.5. The van der Waals surface area contributed by atoms with Crippen molar-refractivity contribution in [3.63, 3.8) is 0 Å². The lowest BCUT2D eigenvalue weighted by Crippen LogP contribution is -2.41. The van der Waals surface area contributed by atoms with Crippen molar-refractivity contribution >= 4 is 17.7 Å². The van der Waals surface area contributed by atoms with Crippen molar-refractivity contribution in [2.75, 3.05) is 18.1 Å². The van der Waals surface area contributed by atoms with Crippen molar-refractivity contribution in [2.24, 2.45) is 0 Å². The third-order valence-corrected chi connectivity index (χ3v) is 5.51. The fraction of sp³-hybridized carbons (Fsp3) is 0.474. The monoisotopic (exact) mass is 358 g/mol. The molecule has 1 aliphatic rings. The lowest BCUT2D eigenvalue weighted by atomic mass is 10.1. The van der Waals surface area contributed by atoms with E-state index in [-0.39, 0.29) is 5.91 Å². The minimum absolute atomic E-state index is 0.0961. The first-order valence-corrected chi connectivity index (χ1v) is 10.1. The molecule has 0 aliphatic carbocycles. The van der Waals surface area contributed by atoms with Gasteiger partial charge in [-0.3, -0.25) is 4.79 Å². The van der Waals surface area contributed by atoms with Crippen LogP contribution in [-0.2, 0) is 24.3 Å². The maximum absolute atomic E-state index is 12.1. The van der Waals surface area contributed by atoms with Crippen molar-refractivity contribution < 1.29 is 4.79 Å². The summed E-state index contributed by atoms with van der Waals surface area (Å²) in [6, 6.07) is 10.8. The summed E-state index contributed by atoms with van der Waals surface area (Å²) in [6.45, 7) is 2.41. The highest BCUT2D eigenvalue weighted by Gasteiger charge is 2.16. The minimum atomic E-state index is 0.0961. The van der Waals surface area contributed by atoms with Crippen molar-refractivity contribution in [3.05, 3.63) is 54.1 Å². The Kier molecular flexibility index (Phi) is 6.94. The minimum Gasteiger partial charge on any atom is -0.349 e. The summed E-state index contributed by atoms with van der Waals surface area (Å²) >= 11 is 1.91. The third-order valence-electron chi connectivity index (χ3n) is 4.38. The van der Waals surface area contributed by atoms with Gasteiger partial charge in [0.05, 0.1) is 6.54 Å². The summed E-state index contributed by atoms with van der Waals surface area (Å²) in [5.74, 6) is 3.17. The second kappa shape index (κ2) is 9.63. The van der Waals surface area contributed by atoms with E-state index in [0.717, 1.165) is 43.3 Å². The number of hydrogen-bond donors (Lipinski definition) is 2. The molecule has 1 aliphatic heterocycles. The predicted molar refractivity (Wildman–Crippen MR) is 103 cm³/mol. The summed E-state index contributed by atoms with van der Waals surface area (Å²) in [6.07, 6.45) is 6.46. The Morgan fingerprint density at radius 2 is 2.24 bits per heavy atom. The van der Waals surface area contributed by atoms with Gasteiger partial charge in [-0.15, -0.1) is 0 Å². The van der Waals surface area contributed by atoms with Crippen molar-refractivity contribution in [3.8, 4) is 0 Å². The summed E-state index contributed by atoms with van der Waals surface area (Å²) in [5.41, 5.74) is 1.36. The van der Waals surface area contributed by atoms with Crippen LogP contribution in [0.2, 0.25) is 0 Å². The van der Waals surface area contributed by atoms with Gasteiger partial charge in [0.2, 0.25) is 5.91 Å². The van der Waals surface area contributed by atoms with Gasteiger partial charge in [0.1, 0.15) is 5.82 Å². The number of imidazole rings is 1. The predicted octanol–water partition coefficient (Wildman–Crippen LogP) is 2.23. The number of aryl methyl sites for hydroxylation is 2. The molecule has 5 nitrogen and oxygen atoms in total. The lowest BCUT2D eigenvalue weighted by molar-refractivity contribution is -0.121. The highest BCUT2D eigenvalue weighted by atomic mass is 32.2. The molecule has 1 fully saturated rings. The van der Waals surface area contributed by atoms with Crippen LogP contribution in [0.15, 0.2) is 42.7 Å². The molecule has 1 amide bonds. The molecule has 134 valence electrons. The van der Waals surface area contributed by atoms with E-state index in [2.05, 4.69) is 44.5 Å². The molecule has 2 aromatic rings. The van der Waals surface area contributed by atoms with Gasteiger partial charge >= 0.3 is 0 Å². The van der Waals surface area contributed by atoms with Crippen LogP contribution >= 0.6 is 11.8 Å². The number of benzene rings is 1. The molecule has 0 bridgehead atoms. The standard InChI is InChI=1S/C19H26N4OS/c24-19(13-17-15-25-12-9-20-17)22-14-18-21-8-11-23(18)10-4-7-16-5-2-1-3-6-16/h1-3,5-6,8,11,17,20H,4,7,9-10,12-15H2,(H,22,24). The van der Waals surface area contributed by atoms with Crippen molar-refractivity contribution in [1.29, 1.82) is 0 Å². The van der Waals surface area contributed by atoms with Gasteiger partial charge in [-0.05, 0) is 18.4 Å². The summed E-state index contributed by atoms with van der Waals surface area (Å²) < 4.78 is 2.14. The first-order chi connectivity index (χ1) is 12.3. The van der Waals surface area contributed by atoms with E-state index < -0.39 is 0 Å². The van der Waals surface area contributed by atoms with E-state index in [1.54, 1.807) is 0 Å². The summed E-state index contributed by atoms with van der Waals surface area (Å²) in [7, 11) is 0. The molecule has 2 N–H and O–H groups in total. The fourth-order valence-electron chi connectivity index (χ4n) is 3.03. The molecular weight excluding hydrogens is 332 g/mol. The molecule has 0 spiro atoms. The Bertz CT molecular complexity index is 652. The number of hydrogen-bond acceptors (Lipinski definition) is 4. The van der Waals surface area contributed by atoms with Crippen LogP contribution in [0.5, 0.6) is 0 Å². The van der Waals surface area contributed by atoms with Gasteiger partial charge in [-0.25, -0.2) is 4.98 Å². The topological polar surface area (TPSA) is 59.0 Å². The van der Waals surface area contributed by atoms with Gasteiger partial charge in [-0.2, -0.15) is 11.8 Å². The number of carbonyl (C=O) groups is 1. The van der Waals surface area contributed by atoms with E-state index >= 15 is 0 Å². The Labute approximate surface area is 153 Å². The fourth-order valence-corrected chi connectivity index (χ4v) is 3.98. The second-order valence-electron chi connectivity index (χ2n) is 6.33. The zero-order valence-electron chi connectivity index (χ0n) is 14.5. The lowest BCUT2D eigenvalue weighted by Gasteiger charge is -2.22. The van der Waals surface area contributed by atoms with Crippen LogP contribution in [0, 0.1) is 0 Å². The zero-order valence-corrected chi connectivity index (χ0v) is 15.3. The quantitative estimate of drug-likeness (QED) is 0.760. The number of aromatic nitrogens is 2. The van der Waals surface area contributed by atoms with Crippen LogP contribution in [0.25, 0.3) is 0 Å². The molecule has 1 aromatic heterocycles. The third kappa shape index (κ3) is 5.90.